The van der Waals surface area contributed by atoms with E-state index >= 15 is 0 Å². The lowest BCUT2D eigenvalue weighted by Crippen LogP contribution is -2.33. The third-order valence-corrected chi connectivity index (χ3v) is 3.58. The summed E-state index contributed by atoms with van der Waals surface area (Å²) in [5.74, 6) is 3.27. The SMILES string of the molecule is C#Cc1ccccc1C1N=C(N)c2ccccc2N1C. The molecule has 0 fully saturated rings. The maximum Gasteiger partial charge on any atom is 0.150 e. The van der Waals surface area contributed by atoms with E-state index in [-0.39, 0.29) is 6.17 Å². The Labute approximate surface area is 118 Å². The summed E-state index contributed by atoms with van der Waals surface area (Å²) in [5.41, 5.74) is 9.97. The molecule has 1 atom stereocenters. The van der Waals surface area contributed by atoms with E-state index in [1.165, 1.54) is 0 Å². The predicted molar refractivity (Wildman–Crippen MR) is 82.7 cm³/mol. The van der Waals surface area contributed by atoms with Gasteiger partial charge in [0.1, 0.15) is 12.0 Å². The lowest BCUT2D eigenvalue weighted by molar-refractivity contribution is 0.695. The fraction of sp³-hybridized carbons (Fsp3) is 0.118. The van der Waals surface area contributed by atoms with Crippen LogP contribution in [0.3, 0.4) is 0 Å². The number of hydrogen-bond acceptors (Lipinski definition) is 3. The van der Waals surface area contributed by atoms with E-state index in [0.717, 1.165) is 22.4 Å². The minimum Gasteiger partial charge on any atom is -0.383 e. The molecule has 20 heavy (non-hydrogen) atoms. The molecule has 3 nitrogen and oxygen atoms in total. The van der Waals surface area contributed by atoms with Crippen molar-refractivity contribution in [2.24, 2.45) is 10.7 Å². The van der Waals surface area contributed by atoms with E-state index < -0.39 is 0 Å². The van der Waals surface area contributed by atoms with Gasteiger partial charge >= 0.3 is 0 Å². The van der Waals surface area contributed by atoms with Crippen molar-refractivity contribution in [3.63, 3.8) is 0 Å². The Bertz CT molecular complexity index is 725. The summed E-state index contributed by atoms with van der Waals surface area (Å²) in [6.07, 6.45) is 5.40. The summed E-state index contributed by atoms with van der Waals surface area (Å²) >= 11 is 0. The number of amidine groups is 1. The molecule has 0 aromatic heterocycles. The Morgan fingerprint density at radius 2 is 1.85 bits per heavy atom. The van der Waals surface area contributed by atoms with Crippen LogP contribution in [-0.4, -0.2) is 12.9 Å². The van der Waals surface area contributed by atoms with Crippen molar-refractivity contribution in [3.05, 3.63) is 65.2 Å². The topological polar surface area (TPSA) is 41.6 Å². The molecule has 2 aromatic carbocycles. The zero-order chi connectivity index (χ0) is 14.1. The molecule has 2 N–H and O–H groups in total. The van der Waals surface area contributed by atoms with E-state index in [2.05, 4.69) is 15.8 Å². The van der Waals surface area contributed by atoms with Crippen LogP contribution in [0.2, 0.25) is 0 Å². The van der Waals surface area contributed by atoms with Crippen LogP contribution in [0.5, 0.6) is 0 Å². The highest BCUT2D eigenvalue weighted by Crippen LogP contribution is 2.34. The van der Waals surface area contributed by atoms with Gasteiger partial charge in [-0.25, -0.2) is 4.99 Å². The minimum absolute atomic E-state index is 0.183. The first-order valence-corrected chi connectivity index (χ1v) is 6.43. The number of rotatable bonds is 1. The van der Waals surface area contributed by atoms with Crippen molar-refractivity contribution in [3.8, 4) is 12.3 Å². The summed E-state index contributed by atoms with van der Waals surface area (Å²) in [4.78, 5) is 6.71. The van der Waals surface area contributed by atoms with Gasteiger partial charge in [-0.15, -0.1) is 6.42 Å². The molecule has 2 aromatic rings. The Hall–Kier alpha value is -2.73. The highest BCUT2D eigenvalue weighted by Gasteiger charge is 2.26. The van der Waals surface area contributed by atoms with Gasteiger partial charge in [-0.05, 0) is 18.2 Å². The van der Waals surface area contributed by atoms with Crippen molar-refractivity contribution in [2.75, 3.05) is 11.9 Å². The number of nitrogens with two attached hydrogens (primary N) is 1. The third-order valence-electron chi connectivity index (χ3n) is 3.58. The second-order valence-electron chi connectivity index (χ2n) is 4.75. The molecule has 98 valence electrons. The lowest BCUT2D eigenvalue weighted by atomic mass is 10.0. The van der Waals surface area contributed by atoms with Crippen LogP contribution in [0.15, 0.2) is 53.5 Å². The summed E-state index contributed by atoms with van der Waals surface area (Å²) in [7, 11) is 2.01. The number of hydrogen-bond donors (Lipinski definition) is 1. The van der Waals surface area contributed by atoms with Gasteiger partial charge in [0.25, 0.3) is 0 Å². The number of para-hydroxylation sites is 1. The first kappa shape index (κ1) is 12.3. The molecule has 0 saturated carbocycles. The molecule has 0 aliphatic carbocycles. The maximum atomic E-state index is 6.10. The molecule has 0 saturated heterocycles. The summed E-state index contributed by atoms with van der Waals surface area (Å²) in [5, 5.41) is 0. The van der Waals surface area contributed by atoms with E-state index in [9.17, 15) is 0 Å². The summed E-state index contributed by atoms with van der Waals surface area (Å²) < 4.78 is 0. The van der Waals surface area contributed by atoms with Gasteiger partial charge in [0.05, 0.1) is 0 Å². The molecule has 1 unspecified atom stereocenters. The smallest absolute Gasteiger partial charge is 0.150 e. The maximum absolute atomic E-state index is 6.10. The van der Waals surface area contributed by atoms with Crippen LogP contribution >= 0.6 is 0 Å². The largest absolute Gasteiger partial charge is 0.383 e. The average molecular weight is 261 g/mol. The van der Waals surface area contributed by atoms with Gasteiger partial charge < -0.3 is 10.6 Å². The van der Waals surface area contributed by atoms with E-state index in [4.69, 9.17) is 12.2 Å². The second kappa shape index (κ2) is 4.75. The van der Waals surface area contributed by atoms with Gasteiger partial charge in [-0.3, -0.25) is 0 Å². The van der Waals surface area contributed by atoms with Gasteiger partial charge in [-0.2, -0.15) is 0 Å². The Morgan fingerprint density at radius 3 is 2.65 bits per heavy atom. The zero-order valence-corrected chi connectivity index (χ0v) is 11.2. The number of terminal acetylenes is 1. The molecule has 1 aliphatic heterocycles. The quantitative estimate of drug-likeness (QED) is 0.801. The van der Waals surface area contributed by atoms with E-state index in [1.54, 1.807) is 0 Å². The van der Waals surface area contributed by atoms with Crippen LogP contribution in [0.1, 0.15) is 22.9 Å². The van der Waals surface area contributed by atoms with Crippen LogP contribution in [0, 0.1) is 12.3 Å². The minimum atomic E-state index is -0.183. The fourth-order valence-corrected chi connectivity index (χ4v) is 2.55. The zero-order valence-electron chi connectivity index (χ0n) is 11.2. The van der Waals surface area contributed by atoms with Crippen LogP contribution < -0.4 is 10.6 Å². The lowest BCUT2D eigenvalue weighted by Gasteiger charge is -2.33. The molecule has 3 heteroatoms. The molecule has 3 rings (SSSR count). The predicted octanol–water partition coefficient (Wildman–Crippen LogP) is 2.52. The summed E-state index contributed by atoms with van der Waals surface area (Å²) in [6.45, 7) is 0. The first-order valence-electron chi connectivity index (χ1n) is 6.43. The molecule has 0 bridgehead atoms. The first-order chi connectivity index (χ1) is 9.72. The van der Waals surface area contributed by atoms with Crippen LogP contribution in [0.25, 0.3) is 0 Å². The highest BCUT2D eigenvalue weighted by atomic mass is 15.3. The molecular formula is C17H15N3. The van der Waals surface area contributed by atoms with Gasteiger partial charge in [0.15, 0.2) is 0 Å². The van der Waals surface area contributed by atoms with Crippen molar-refractivity contribution in [1.82, 2.24) is 0 Å². The molecule has 0 spiro atoms. The normalized spacial score (nSPS) is 17.1. The molecule has 1 heterocycles. The van der Waals surface area contributed by atoms with Gasteiger partial charge in [0, 0.05) is 29.4 Å². The van der Waals surface area contributed by atoms with Gasteiger partial charge in [-0.1, -0.05) is 36.3 Å². The van der Waals surface area contributed by atoms with Crippen molar-refractivity contribution >= 4 is 11.5 Å². The van der Waals surface area contributed by atoms with Gasteiger partial charge in [0.2, 0.25) is 0 Å². The van der Waals surface area contributed by atoms with Crippen molar-refractivity contribution in [2.45, 2.75) is 6.17 Å². The third kappa shape index (κ3) is 1.83. The molecular weight excluding hydrogens is 246 g/mol. The highest BCUT2D eigenvalue weighted by molar-refractivity contribution is 6.04. The van der Waals surface area contributed by atoms with Crippen molar-refractivity contribution in [1.29, 1.82) is 0 Å². The van der Waals surface area contributed by atoms with E-state index in [0.29, 0.717) is 5.84 Å². The van der Waals surface area contributed by atoms with Crippen molar-refractivity contribution < 1.29 is 0 Å². The number of nitrogens with zero attached hydrogens (tertiary/aromatic N) is 2. The summed E-state index contributed by atoms with van der Waals surface area (Å²) in [6, 6.07) is 15.8. The Morgan fingerprint density at radius 1 is 1.15 bits per heavy atom. The van der Waals surface area contributed by atoms with Crippen LogP contribution in [-0.2, 0) is 0 Å². The number of anilines is 1. The second-order valence-corrected chi connectivity index (χ2v) is 4.75. The molecule has 0 amide bonds. The standard InChI is InChI=1S/C17H15N3/c1-3-12-8-4-5-9-13(12)17-19-16(18)14-10-6-7-11-15(14)20(17)2/h1,4-11,17H,2H3,(H2,18,19). The molecule has 0 radical (unpaired) electrons. The number of benzene rings is 2. The molecule has 1 aliphatic rings. The fourth-order valence-electron chi connectivity index (χ4n) is 2.55. The average Bonchev–Trinajstić information content (AvgIpc) is 2.51. The Kier molecular flexibility index (Phi) is 2.92. The monoisotopic (exact) mass is 261 g/mol. The number of aliphatic imine (C=N–C) groups is 1. The Balaban J connectivity index is 2.14. The number of fused-ring (bicyclic) bond motifs is 1. The van der Waals surface area contributed by atoms with E-state index in [1.807, 2.05) is 55.6 Å². The van der Waals surface area contributed by atoms with Crippen LogP contribution in [0.4, 0.5) is 5.69 Å².